The number of hydrogen-bond acceptors (Lipinski definition) is 3. The number of hydrogen-bond donors (Lipinski definition) is 2. The van der Waals surface area contributed by atoms with Gasteiger partial charge in [0.1, 0.15) is 6.04 Å². The van der Waals surface area contributed by atoms with Gasteiger partial charge < -0.3 is 19.7 Å². The molecule has 0 aliphatic heterocycles. The van der Waals surface area contributed by atoms with E-state index in [0.717, 1.165) is 4.90 Å². The molecule has 1 atom stereocenters. The topological polar surface area (TPSA) is 52.0 Å². The van der Waals surface area contributed by atoms with Gasteiger partial charge in [-0.1, -0.05) is 60.7 Å². The zero-order chi connectivity index (χ0) is 20.6. The molecule has 5 nitrogen and oxygen atoms in total. The molecule has 0 aliphatic carbocycles. The minimum atomic E-state index is -0.0633. The summed E-state index contributed by atoms with van der Waals surface area (Å²) in [6, 6.07) is 26.0. The first-order valence-corrected chi connectivity index (χ1v) is 9.56. The van der Waals surface area contributed by atoms with Crippen LogP contribution in [0.5, 0.6) is 11.5 Å². The SMILES string of the molecule is COc1ccc(NC(=O)C[NH+](C)C(c2ccccc2)c2ccccc2)cc1OC. The Morgan fingerprint density at radius 1 is 0.862 bits per heavy atom. The molecule has 1 unspecified atom stereocenters. The van der Waals surface area contributed by atoms with Gasteiger partial charge >= 0.3 is 0 Å². The van der Waals surface area contributed by atoms with Crippen LogP contribution in [-0.2, 0) is 4.79 Å². The quantitative estimate of drug-likeness (QED) is 0.621. The Morgan fingerprint density at radius 2 is 1.41 bits per heavy atom. The molecule has 5 heteroatoms. The van der Waals surface area contributed by atoms with E-state index in [1.54, 1.807) is 32.4 Å². The molecule has 0 radical (unpaired) electrons. The van der Waals surface area contributed by atoms with Gasteiger partial charge in [-0.25, -0.2) is 0 Å². The maximum Gasteiger partial charge on any atom is 0.279 e. The van der Waals surface area contributed by atoms with Crippen LogP contribution >= 0.6 is 0 Å². The highest BCUT2D eigenvalue weighted by atomic mass is 16.5. The Kier molecular flexibility index (Phi) is 6.87. The van der Waals surface area contributed by atoms with Crippen molar-refractivity contribution in [3.63, 3.8) is 0 Å². The summed E-state index contributed by atoms with van der Waals surface area (Å²) in [4.78, 5) is 13.8. The van der Waals surface area contributed by atoms with Crippen molar-refractivity contribution in [3.05, 3.63) is 90.0 Å². The van der Waals surface area contributed by atoms with E-state index >= 15 is 0 Å². The van der Waals surface area contributed by atoms with E-state index in [-0.39, 0.29) is 11.9 Å². The van der Waals surface area contributed by atoms with Gasteiger partial charge in [0.25, 0.3) is 5.91 Å². The third kappa shape index (κ3) is 5.15. The summed E-state index contributed by atoms with van der Waals surface area (Å²) < 4.78 is 10.6. The molecule has 3 rings (SSSR count). The van der Waals surface area contributed by atoms with Crippen LogP contribution in [0, 0.1) is 0 Å². The van der Waals surface area contributed by atoms with Crippen molar-refractivity contribution >= 4 is 11.6 Å². The fraction of sp³-hybridized carbons (Fsp3) is 0.208. The van der Waals surface area contributed by atoms with Gasteiger partial charge in [0.15, 0.2) is 18.0 Å². The molecule has 0 heterocycles. The highest BCUT2D eigenvalue weighted by Crippen LogP contribution is 2.29. The van der Waals surface area contributed by atoms with E-state index in [1.807, 2.05) is 43.4 Å². The third-order valence-corrected chi connectivity index (χ3v) is 4.87. The van der Waals surface area contributed by atoms with E-state index < -0.39 is 0 Å². The molecule has 0 saturated heterocycles. The summed E-state index contributed by atoms with van der Waals surface area (Å²) in [5.41, 5.74) is 3.03. The van der Waals surface area contributed by atoms with Crippen molar-refractivity contribution in [2.75, 3.05) is 33.1 Å². The second kappa shape index (κ2) is 9.75. The minimum Gasteiger partial charge on any atom is -0.493 e. The molecule has 0 aliphatic rings. The molecular formula is C24H27N2O3+. The first kappa shape index (κ1) is 20.4. The lowest BCUT2D eigenvalue weighted by atomic mass is 9.97. The van der Waals surface area contributed by atoms with Crippen molar-refractivity contribution in [2.45, 2.75) is 6.04 Å². The molecule has 29 heavy (non-hydrogen) atoms. The Hall–Kier alpha value is -3.31. The van der Waals surface area contributed by atoms with E-state index in [2.05, 4.69) is 29.6 Å². The lowest BCUT2D eigenvalue weighted by Crippen LogP contribution is -3.10. The zero-order valence-corrected chi connectivity index (χ0v) is 17.0. The Bertz CT molecular complexity index is 890. The number of amides is 1. The highest BCUT2D eigenvalue weighted by molar-refractivity contribution is 5.91. The van der Waals surface area contributed by atoms with Crippen molar-refractivity contribution in [2.24, 2.45) is 0 Å². The lowest BCUT2D eigenvalue weighted by Gasteiger charge is -2.25. The number of carbonyl (C=O) groups excluding carboxylic acids is 1. The van der Waals surface area contributed by atoms with Gasteiger partial charge in [-0.15, -0.1) is 0 Å². The zero-order valence-electron chi connectivity index (χ0n) is 17.0. The fourth-order valence-electron chi connectivity index (χ4n) is 3.53. The second-order valence-corrected chi connectivity index (χ2v) is 6.90. The summed E-state index contributed by atoms with van der Waals surface area (Å²) in [6.45, 7) is 0.322. The van der Waals surface area contributed by atoms with Crippen molar-refractivity contribution in [1.29, 1.82) is 0 Å². The maximum atomic E-state index is 12.7. The number of nitrogens with one attached hydrogen (secondary N) is 2. The minimum absolute atomic E-state index is 0.0633. The monoisotopic (exact) mass is 391 g/mol. The molecule has 150 valence electrons. The standard InChI is InChI=1S/C24H26N2O3/c1-26(17-23(27)25-20-14-15-21(28-2)22(16-20)29-3)24(18-10-6-4-7-11-18)19-12-8-5-9-13-19/h4-16,24H,17H2,1-3H3,(H,25,27)/p+1. The molecule has 3 aromatic carbocycles. The summed E-state index contributed by atoms with van der Waals surface area (Å²) >= 11 is 0. The number of anilines is 1. The van der Waals surface area contributed by atoms with Crippen LogP contribution in [0.3, 0.4) is 0 Å². The Balaban J connectivity index is 1.76. The van der Waals surface area contributed by atoms with Crippen LogP contribution in [-0.4, -0.2) is 33.7 Å². The lowest BCUT2D eigenvalue weighted by molar-refractivity contribution is -0.897. The number of rotatable bonds is 8. The number of benzene rings is 3. The van der Waals surface area contributed by atoms with Crippen LogP contribution < -0.4 is 19.7 Å². The average molecular weight is 391 g/mol. The highest BCUT2D eigenvalue weighted by Gasteiger charge is 2.25. The van der Waals surface area contributed by atoms with Crippen molar-refractivity contribution in [1.82, 2.24) is 0 Å². The predicted octanol–water partition coefficient (Wildman–Crippen LogP) is 2.95. The van der Waals surface area contributed by atoms with Crippen LogP contribution in [0.4, 0.5) is 5.69 Å². The van der Waals surface area contributed by atoms with Gasteiger partial charge in [0.2, 0.25) is 0 Å². The molecule has 0 bridgehead atoms. The van der Waals surface area contributed by atoms with E-state index in [4.69, 9.17) is 9.47 Å². The Labute approximate surface area is 171 Å². The van der Waals surface area contributed by atoms with Gasteiger partial charge in [0, 0.05) is 22.9 Å². The molecule has 0 aromatic heterocycles. The average Bonchev–Trinajstić information content (AvgIpc) is 2.75. The smallest absolute Gasteiger partial charge is 0.279 e. The number of ether oxygens (including phenoxy) is 2. The number of carbonyl (C=O) groups is 1. The molecular weight excluding hydrogens is 364 g/mol. The Morgan fingerprint density at radius 3 is 1.93 bits per heavy atom. The van der Waals surface area contributed by atoms with Crippen molar-refractivity contribution < 1.29 is 19.2 Å². The largest absolute Gasteiger partial charge is 0.493 e. The van der Waals surface area contributed by atoms with Gasteiger partial charge in [0.05, 0.1) is 21.3 Å². The van der Waals surface area contributed by atoms with Crippen molar-refractivity contribution in [3.8, 4) is 11.5 Å². The fourth-order valence-corrected chi connectivity index (χ4v) is 3.53. The van der Waals surface area contributed by atoms with Gasteiger partial charge in [-0.2, -0.15) is 0 Å². The second-order valence-electron chi connectivity index (χ2n) is 6.90. The molecule has 0 saturated carbocycles. The number of quaternary nitrogens is 1. The molecule has 2 N–H and O–H groups in total. The van der Waals surface area contributed by atoms with Crippen LogP contribution in [0.1, 0.15) is 17.2 Å². The number of methoxy groups -OCH3 is 2. The van der Waals surface area contributed by atoms with Crippen LogP contribution in [0.2, 0.25) is 0 Å². The summed E-state index contributed by atoms with van der Waals surface area (Å²) in [7, 11) is 5.20. The summed E-state index contributed by atoms with van der Waals surface area (Å²) in [5, 5.41) is 2.96. The first-order valence-electron chi connectivity index (χ1n) is 9.56. The van der Waals surface area contributed by atoms with Crippen LogP contribution in [0.25, 0.3) is 0 Å². The third-order valence-electron chi connectivity index (χ3n) is 4.87. The van der Waals surface area contributed by atoms with Crippen LogP contribution in [0.15, 0.2) is 78.9 Å². The molecule has 3 aromatic rings. The number of likely N-dealkylation sites (N-methyl/N-ethyl adjacent to an activating group) is 1. The van der Waals surface area contributed by atoms with Gasteiger partial charge in [-0.3, -0.25) is 4.79 Å². The maximum absolute atomic E-state index is 12.7. The molecule has 1 amide bonds. The van der Waals surface area contributed by atoms with E-state index in [9.17, 15) is 4.79 Å². The summed E-state index contributed by atoms with van der Waals surface area (Å²) in [5.74, 6) is 1.14. The summed E-state index contributed by atoms with van der Waals surface area (Å²) in [6.07, 6.45) is 0. The predicted molar refractivity (Wildman–Crippen MR) is 115 cm³/mol. The normalized spacial score (nSPS) is 11.7. The van der Waals surface area contributed by atoms with E-state index in [0.29, 0.717) is 23.7 Å². The molecule has 0 spiro atoms. The van der Waals surface area contributed by atoms with Gasteiger partial charge in [-0.05, 0) is 12.1 Å². The van der Waals surface area contributed by atoms with E-state index in [1.165, 1.54) is 11.1 Å². The first-order chi connectivity index (χ1) is 14.1. The molecule has 0 fully saturated rings.